The van der Waals surface area contributed by atoms with Crippen molar-refractivity contribution < 1.29 is 129 Å². The van der Waals surface area contributed by atoms with E-state index in [1.165, 1.54) is 0 Å². The van der Waals surface area contributed by atoms with E-state index in [-0.39, 0.29) is 181 Å². The van der Waals surface area contributed by atoms with Crippen LogP contribution in [0, 0.1) is 0 Å². The molecule has 0 amide bonds. The summed E-state index contributed by atoms with van der Waals surface area (Å²) in [6.07, 6.45) is 0. The van der Waals surface area contributed by atoms with Crippen molar-refractivity contribution in [1.29, 1.82) is 0 Å². The minimum Gasteiger partial charge on any atom is -0.870 e. The summed E-state index contributed by atoms with van der Waals surface area (Å²) < 4.78 is 0. The summed E-state index contributed by atoms with van der Waals surface area (Å²) in [4.78, 5) is 0. The maximum absolute atomic E-state index is 0. The predicted octanol–water partition coefficient (Wildman–Crippen LogP) is -6.78. The Morgan fingerprint density at radius 1 is 0.235 bits per heavy atom. The topological polar surface area (TPSA) is 369 Å². The maximum Gasteiger partial charge on any atom is 3.00 e. The smallest absolute Gasteiger partial charge is 0.870 e. The molecule has 17 heteroatoms. The zero-order valence-corrected chi connectivity index (χ0v) is 20.8. The SMILES string of the molecule is O.O.O.O.O.O.[Bi+3].[Bi+3].[Mo].[Mo].[Mo].[OH-].[OH-].[OH-].[OH-].[OH-].[OH-]. The van der Waals surface area contributed by atoms with Gasteiger partial charge in [-0.1, -0.05) is 0 Å². The molecule has 0 aliphatic rings. The van der Waals surface area contributed by atoms with E-state index in [4.69, 9.17) is 0 Å². The second-order valence-corrected chi connectivity index (χ2v) is 0. The van der Waals surface area contributed by atoms with Gasteiger partial charge in [-0.25, -0.2) is 0 Å². The molecule has 17 heavy (non-hydrogen) atoms. The van der Waals surface area contributed by atoms with Gasteiger partial charge < -0.3 is 65.7 Å². The maximum atomic E-state index is 0. The summed E-state index contributed by atoms with van der Waals surface area (Å²) >= 11 is 0. The zero-order chi connectivity index (χ0) is 0. The third kappa shape index (κ3) is 519. The molecular weight excluding hydrogens is 898 g/mol. The van der Waals surface area contributed by atoms with Crippen LogP contribution in [-0.4, -0.2) is 118 Å². The van der Waals surface area contributed by atoms with Gasteiger partial charge in [0.05, 0.1) is 0 Å². The molecule has 4 radical (unpaired) electrons. The van der Waals surface area contributed by atoms with Crippen molar-refractivity contribution in [2.45, 2.75) is 0 Å². The Bertz CT molecular complexity index is 19.7. The van der Waals surface area contributed by atoms with E-state index in [1.54, 1.807) is 0 Å². The number of hydrogen-bond acceptors (Lipinski definition) is 6. The summed E-state index contributed by atoms with van der Waals surface area (Å²) in [6, 6.07) is 0. The average Bonchev–Trinajstić information content (AvgIpc) is 0. The normalized spacial score (nSPS) is 0. The molecule has 0 aromatic carbocycles. The fraction of sp³-hybridized carbons (Fsp3) is 0. The molecule has 0 rings (SSSR count). The number of rotatable bonds is 0. The quantitative estimate of drug-likeness (QED) is 0.213. The summed E-state index contributed by atoms with van der Waals surface area (Å²) in [7, 11) is 0. The fourth-order valence-corrected chi connectivity index (χ4v) is 0. The van der Waals surface area contributed by atoms with E-state index >= 15 is 0 Å². The summed E-state index contributed by atoms with van der Waals surface area (Å²) in [6.45, 7) is 0. The minimum atomic E-state index is 0. The van der Waals surface area contributed by atoms with E-state index < -0.39 is 0 Å². The molecule has 0 saturated heterocycles. The van der Waals surface area contributed by atoms with E-state index in [2.05, 4.69) is 0 Å². The van der Waals surface area contributed by atoms with E-state index in [9.17, 15) is 0 Å². The number of hydrogen-bond donors (Lipinski definition) is 0. The molecule has 0 fully saturated rings. The Hall–Kier alpha value is 3.35. The first-order valence-electron chi connectivity index (χ1n) is 0. The van der Waals surface area contributed by atoms with Crippen molar-refractivity contribution in [3.63, 3.8) is 0 Å². The van der Waals surface area contributed by atoms with Crippen LogP contribution in [0.15, 0.2) is 0 Å². The molecular formula is H18Bi2Mo3O12. The van der Waals surface area contributed by atoms with Gasteiger partial charge in [-0.15, -0.1) is 0 Å². The van der Waals surface area contributed by atoms with Gasteiger partial charge in [-0.2, -0.15) is 0 Å². The molecule has 0 saturated carbocycles. The average molecular weight is 916 g/mol. The second-order valence-electron chi connectivity index (χ2n) is 0. The molecule has 0 spiro atoms. The first-order valence-corrected chi connectivity index (χ1v) is 0. The summed E-state index contributed by atoms with van der Waals surface area (Å²) in [5, 5.41) is 0. The van der Waals surface area contributed by atoms with E-state index in [0.717, 1.165) is 0 Å². The fourth-order valence-electron chi connectivity index (χ4n) is 0. The van der Waals surface area contributed by atoms with E-state index in [0.29, 0.717) is 0 Å². The van der Waals surface area contributed by atoms with Crippen LogP contribution < -0.4 is 0 Å². The van der Waals surface area contributed by atoms with Gasteiger partial charge in [0.2, 0.25) is 0 Å². The summed E-state index contributed by atoms with van der Waals surface area (Å²) in [5.74, 6) is 0. The first-order chi connectivity index (χ1) is 0. The van der Waals surface area contributed by atoms with Gasteiger partial charge in [0.15, 0.2) is 0 Å². The first kappa shape index (κ1) is 679. The van der Waals surface area contributed by atoms with Crippen LogP contribution in [0.25, 0.3) is 0 Å². The van der Waals surface area contributed by atoms with Gasteiger partial charge in [0.1, 0.15) is 0 Å². The second kappa shape index (κ2) is 580. The van der Waals surface area contributed by atoms with Crippen LogP contribution in [0.1, 0.15) is 0 Å². The molecule has 0 unspecified atom stereocenters. The molecule has 0 aromatic rings. The van der Waals surface area contributed by atoms with Gasteiger partial charge in [-0.3, -0.25) is 0 Å². The molecule has 18 N–H and O–H groups in total. The van der Waals surface area contributed by atoms with Crippen LogP contribution in [-0.2, 0) is 63.2 Å². The Morgan fingerprint density at radius 2 is 0.235 bits per heavy atom. The van der Waals surface area contributed by atoms with Crippen LogP contribution in [0.2, 0.25) is 0 Å². The minimum absolute atomic E-state index is 0. The Balaban J connectivity index is 0. The molecule has 118 valence electrons. The third-order valence-corrected chi connectivity index (χ3v) is 0. The van der Waals surface area contributed by atoms with Gasteiger partial charge in [-0.05, 0) is 0 Å². The molecule has 12 nitrogen and oxygen atoms in total. The third-order valence-electron chi connectivity index (χ3n) is 0. The molecule has 0 heterocycles. The Morgan fingerprint density at radius 3 is 0.235 bits per heavy atom. The van der Waals surface area contributed by atoms with Gasteiger partial charge in [0.25, 0.3) is 0 Å². The Labute approximate surface area is 179 Å². The van der Waals surface area contributed by atoms with E-state index in [1.807, 2.05) is 0 Å². The van der Waals surface area contributed by atoms with Crippen LogP contribution >= 0.6 is 0 Å². The van der Waals surface area contributed by atoms with Crippen molar-refractivity contribution in [3.05, 3.63) is 0 Å². The van der Waals surface area contributed by atoms with Gasteiger partial charge in [0, 0.05) is 63.2 Å². The summed E-state index contributed by atoms with van der Waals surface area (Å²) in [5.41, 5.74) is 0. The molecule has 0 aliphatic carbocycles. The van der Waals surface area contributed by atoms with Crippen LogP contribution in [0.4, 0.5) is 0 Å². The molecule has 0 aromatic heterocycles. The monoisotopic (exact) mass is 922 g/mol. The largest absolute Gasteiger partial charge is 3.00 e. The van der Waals surface area contributed by atoms with Crippen molar-refractivity contribution in [2.75, 3.05) is 0 Å². The van der Waals surface area contributed by atoms with Crippen molar-refractivity contribution in [2.24, 2.45) is 0 Å². The molecule has 0 atom stereocenters. The van der Waals surface area contributed by atoms with Crippen LogP contribution in [0.5, 0.6) is 0 Å². The predicted molar refractivity (Wildman–Crippen MR) is 44.8 cm³/mol. The molecule has 0 bridgehead atoms. The van der Waals surface area contributed by atoms with Crippen molar-refractivity contribution in [3.8, 4) is 0 Å². The molecule has 0 aliphatic heterocycles. The van der Waals surface area contributed by atoms with Crippen molar-refractivity contribution in [1.82, 2.24) is 0 Å². The van der Waals surface area contributed by atoms with Crippen molar-refractivity contribution >= 4 is 52.4 Å². The zero-order valence-electron chi connectivity index (χ0n) is 7.80. The standard InChI is InChI=1S/2Bi.3Mo.12H2O/h;;;;;12*1H2/q2*+3;;;;;;;;;;;;;;;/p-6. The Kier molecular flexibility index (Phi) is 23200. The van der Waals surface area contributed by atoms with Gasteiger partial charge >= 0.3 is 52.4 Å². The van der Waals surface area contributed by atoms with Crippen LogP contribution in [0.3, 0.4) is 0 Å².